The minimum atomic E-state index is 0.881. The van der Waals surface area contributed by atoms with E-state index in [1.807, 2.05) is 12.3 Å². The van der Waals surface area contributed by atoms with Gasteiger partial charge in [-0.25, -0.2) is 4.98 Å². The van der Waals surface area contributed by atoms with Crippen molar-refractivity contribution in [3.05, 3.63) is 152 Å². The molecule has 5 nitrogen and oxygen atoms in total. The molecule has 9 aromatic rings. The van der Waals surface area contributed by atoms with Crippen molar-refractivity contribution in [2.24, 2.45) is 0 Å². The Labute approximate surface area is 247 Å². The third kappa shape index (κ3) is 3.58. The fourth-order valence-corrected chi connectivity index (χ4v) is 6.34. The van der Waals surface area contributed by atoms with Crippen LogP contribution in [0.5, 0.6) is 0 Å². The number of rotatable bonds is 4. The number of hydrogen-bond acceptors (Lipinski definition) is 2. The average Bonchev–Trinajstić information content (AvgIpc) is 3.71. The van der Waals surface area contributed by atoms with Gasteiger partial charge in [-0.1, -0.05) is 97.1 Å². The van der Waals surface area contributed by atoms with Crippen molar-refractivity contribution in [1.82, 2.24) is 23.5 Å². The van der Waals surface area contributed by atoms with E-state index in [-0.39, 0.29) is 0 Å². The third-order valence-electron chi connectivity index (χ3n) is 8.30. The van der Waals surface area contributed by atoms with Crippen LogP contribution in [0.4, 0.5) is 0 Å². The zero-order chi connectivity index (χ0) is 28.3. The van der Waals surface area contributed by atoms with Gasteiger partial charge in [0.15, 0.2) is 5.65 Å². The fourth-order valence-electron chi connectivity index (χ4n) is 6.34. The van der Waals surface area contributed by atoms with Crippen LogP contribution in [0.25, 0.3) is 72.6 Å². The van der Waals surface area contributed by atoms with E-state index in [1.54, 1.807) is 0 Å². The Morgan fingerprint density at radius 1 is 0.465 bits per heavy atom. The van der Waals surface area contributed by atoms with Crippen molar-refractivity contribution >= 4 is 38.9 Å². The van der Waals surface area contributed by atoms with E-state index in [4.69, 9.17) is 9.97 Å². The van der Waals surface area contributed by atoms with Crippen LogP contribution < -0.4 is 0 Å². The minimum Gasteiger partial charge on any atom is -0.294 e. The molecule has 0 aliphatic carbocycles. The summed E-state index contributed by atoms with van der Waals surface area (Å²) in [6, 6.07) is 50.8. The third-order valence-corrected chi connectivity index (χ3v) is 8.30. The molecular formula is C38H25N5. The largest absolute Gasteiger partial charge is 0.294 e. The van der Waals surface area contributed by atoms with Crippen LogP contribution in [0, 0.1) is 0 Å². The van der Waals surface area contributed by atoms with Gasteiger partial charge in [0.1, 0.15) is 5.52 Å². The molecule has 0 unspecified atom stereocenters. The summed E-state index contributed by atoms with van der Waals surface area (Å²) in [4.78, 5) is 10.2. The van der Waals surface area contributed by atoms with Gasteiger partial charge in [0.2, 0.25) is 5.78 Å². The Morgan fingerprint density at radius 3 is 1.84 bits per heavy atom. The number of hydrogen-bond donors (Lipinski definition) is 0. The number of nitrogens with zero attached hydrogens (tertiary/aromatic N) is 5. The zero-order valence-electron chi connectivity index (χ0n) is 23.2. The molecule has 0 amide bonds. The van der Waals surface area contributed by atoms with E-state index >= 15 is 0 Å². The van der Waals surface area contributed by atoms with Gasteiger partial charge in [-0.3, -0.25) is 18.5 Å². The Balaban J connectivity index is 1.34. The minimum absolute atomic E-state index is 0.881. The van der Waals surface area contributed by atoms with Crippen molar-refractivity contribution in [3.8, 4) is 33.8 Å². The van der Waals surface area contributed by atoms with Gasteiger partial charge >= 0.3 is 0 Å². The lowest BCUT2D eigenvalue weighted by Crippen LogP contribution is -1.97. The molecule has 0 bridgehead atoms. The van der Waals surface area contributed by atoms with Gasteiger partial charge in [0.25, 0.3) is 0 Å². The van der Waals surface area contributed by atoms with Crippen LogP contribution in [0.3, 0.4) is 0 Å². The molecule has 4 heterocycles. The first-order valence-electron chi connectivity index (χ1n) is 14.4. The second-order valence-corrected chi connectivity index (χ2v) is 10.8. The van der Waals surface area contributed by atoms with E-state index in [1.165, 1.54) is 0 Å². The molecule has 5 heteroatoms. The first kappa shape index (κ1) is 23.7. The summed E-state index contributed by atoms with van der Waals surface area (Å²) >= 11 is 0. The molecule has 0 N–H and O–H groups in total. The van der Waals surface area contributed by atoms with Gasteiger partial charge in [-0.2, -0.15) is 0 Å². The number of aromatic nitrogens is 5. The lowest BCUT2D eigenvalue weighted by atomic mass is 10.1. The predicted molar refractivity (Wildman–Crippen MR) is 175 cm³/mol. The van der Waals surface area contributed by atoms with Crippen LogP contribution in [0.15, 0.2) is 152 Å². The highest BCUT2D eigenvalue weighted by Crippen LogP contribution is 2.37. The molecule has 5 aromatic carbocycles. The molecule has 0 fully saturated rings. The molecular weight excluding hydrogens is 526 g/mol. The van der Waals surface area contributed by atoms with E-state index in [9.17, 15) is 0 Å². The van der Waals surface area contributed by atoms with Gasteiger partial charge in [0, 0.05) is 34.1 Å². The average molecular weight is 552 g/mol. The second kappa shape index (κ2) is 9.29. The highest BCUT2D eigenvalue weighted by molar-refractivity contribution is 6.09. The standard InChI is InChI=1S/C38H25N5/c1-4-12-26(13-5-1)28-20-22-32(39-25-28)27-21-23-34-35(24-27)42(30-16-8-3-9-17-30)38-40-36-31-18-10-11-19-33(31)41(37(36)43(34)38)29-14-6-2-7-15-29/h1-25H. The number of benzene rings is 5. The summed E-state index contributed by atoms with van der Waals surface area (Å²) in [7, 11) is 0. The van der Waals surface area contributed by atoms with E-state index in [0.29, 0.717) is 0 Å². The highest BCUT2D eigenvalue weighted by atomic mass is 15.3. The first-order chi connectivity index (χ1) is 21.3. The number of imidazole rings is 2. The van der Waals surface area contributed by atoms with Crippen molar-refractivity contribution in [2.75, 3.05) is 0 Å². The fraction of sp³-hybridized carbons (Fsp3) is 0. The summed E-state index contributed by atoms with van der Waals surface area (Å²) in [5.74, 6) is 0.881. The van der Waals surface area contributed by atoms with E-state index in [2.05, 4.69) is 153 Å². The number of pyridine rings is 1. The first-order valence-corrected chi connectivity index (χ1v) is 14.4. The number of para-hydroxylation sites is 3. The van der Waals surface area contributed by atoms with Crippen LogP contribution in [-0.4, -0.2) is 23.5 Å². The smallest absolute Gasteiger partial charge is 0.221 e. The SMILES string of the molecule is c1ccc(-c2ccc(-c3ccc4c(c3)n(-c3ccccc3)c3nc5c6ccccc6n(-c6ccccc6)c5n43)nc2)cc1. The normalized spacial score (nSPS) is 11.7. The quantitative estimate of drug-likeness (QED) is 0.219. The molecule has 0 atom stereocenters. The van der Waals surface area contributed by atoms with Crippen molar-refractivity contribution in [1.29, 1.82) is 0 Å². The Kier molecular flexibility index (Phi) is 5.13. The van der Waals surface area contributed by atoms with Crippen LogP contribution in [-0.2, 0) is 0 Å². The van der Waals surface area contributed by atoms with E-state index in [0.717, 1.165) is 72.6 Å². The summed E-state index contributed by atoms with van der Waals surface area (Å²) in [5, 5.41) is 1.14. The topological polar surface area (TPSA) is 40.0 Å². The second-order valence-electron chi connectivity index (χ2n) is 10.8. The molecule has 0 aliphatic heterocycles. The van der Waals surface area contributed by atoms with Gasteiger partial charge in [-0.15, -0.1) is 0 Å². The van der Waals surface area contributed by atoms with Crippen molar-refractivity contribution in [3.63, 3.8) is 0 Å². The Morgan fingerprint density at radius 2 is 1.12 bits per heavy atom. The lowest BCUT2D eigenvalue weighted by Gasteiger charge is -2.08. The maximum atomic E-state index is 5.34. The molecule has 0 radical (unpaired) electrons. The van der Waals surface area contributed by atoms with Crippen LogP contribution in [0.1, 0.15) is 0 Å². The lowest BCUT2D eigenvalue weighted by molar-refractivity contribution is 1.08. The molecule has 0 aliphatic rings. The van der Waals surface area contributed by atoms with Gasteiger partial charge in [0.05, 0.1) is 22.2 Å². The molecule has 0 spiro atoms. The molecule has 43 heavy (non-hydrogen) atoms. The van der Waals surface area contributed by atoms with E-state index < -0.39 is 0 Å². The zero-order valence-corrected chi connectivity index (χ0v) is 23.2. The summed E-state index contributed by atoms with van der Waals surface area (Å²) in [5.41, 5.74) is 11.8. The van der Waals surface area contributed by atoms with Gasteiger partial charge in [-0.05, 0) is 54.1 Å². The summed E-state index contributed by atoms with van der Waals surface area (Å²) in [6.07, 6.45) is 1.96. The van der Waals surface area contributed by atoms with Crippen LogP contribution in [0.2, 0.25) is 0 Å². The number of fused-ring (bicyclic) bond motifs is 7. The maximum absolute atomic E-state index is 5.34. The summed E-state index contributed by atoms with van der Waals surface area (Å²) in [6.45, 7) is 0. The van der Waals surface area contributed by atoms with Crippen molar-refractivity contribution < 1.29 is 0 Å². The van der Waals surface area contributed by atoms with Crippen LogP contribution >= 0.6 is 0 Å². The molecule has 0 saturated carbocycles. The molecule has 0 saturated heterocycles. The maximum Gasteiger partial charge on any atom is 0.221 e. The molecule has 202 valence electrons. The van der Waals surface area contributed by atoms with Crippen molar-refractivity contribution in [2.45, 2.75) is 0 Å². The molecule has 9 rings (SSSR count). The Hall–Kier alpha value is -5.94. The Bertz CT molecular complexity index is 2410. The molecule has 4 aromatic heterocycles. The predicted octanol–water partition coefficient (Wildman–Crippen LogP) is 9.10. The van der Waals surface area contributed by atoms with Gasteiger partial charge < -0.3 is 0 Å². The summed E-state index contributed by atoms with van der Waals surface area (Å²) < 4.78 is 6.90. The highest BCUT2D eigenvalue weighted by Gasteiger charge is 2.24. The monoisotopic (exact) mass is 551 g/mol.